The van der Waals surface area contributed by atoms with Gasteiger partial charge in [0.25, 0.3) is 0 Å². The first-order valence-electron chi connectivity index (χ1n) is 5.69. The van der Waals surface area contributed by atoms with Crippen LogP contribution in [0.3, 0.4) is 0 Å². The third-order valence-electron chi connectivity index (χ3n) is 2.24. The van der Waals surface area contributed by atoms with E-state index in [4.69, 9.17) is 9.84 Å². The topological polar surface area (TPSA) is 87.7 Å². The van der Waals surface area contributed by atoms with E-state index in [0.29, 0.717) is 5.75 Å². The van der Waals surface area contributed by atoms with Gasteiger partial charge < -0.3 is 20.5 Å². The van der Waals surface area contributed by atoms with Crippen molar-refractivity contribution in [3.05, 3.63) is 36.0 Å². The quantitative estimate of drug-likeness (QED) is 0.725. The van der Waals surface area contributed by atoms with E-state index in [1.807, 2.05) is 24.3 Å². The number of benzene rings is 1. The Morgan fingerprint density at radius 1 is 1.37 bits per heavy atom. The fraction of sp³-hybridized carbons (Fsp3) is 0.231. The highest BCUT2D eigenvalue weighted by molar-refractivity contribution is 5.77. The number of hydrogen-bond donors (Lipinski definition) is 3. The van der Waals surface area contributed by atoms with Crippen LogP contribution in [-0.2, 0) is 4.79 Å². The summed E-state index contributed by atoms with van der Waals surface area (Å²) in [6.45, 7) is 0.0870. The standard InChI is InChI=1S/C13H16N2O4/c1-19-11-5-3-2-4-10(11)6-8-14-13(18)15-9-7-12(16)17/h2-6,8H,7,9H2,1H3,(H,16,17)(H2,14,15,18)/b8-6+. The predicted molar refractivity (Wildman–Crippen MR) is 70.8 cm³/mol. The highest BCUT2D eigenvalue weighted by atomic mass is 16.5. The number of carboxylic acid groups (broad SMARTS) is 1. The molecule has 1 rings (SSSR count). The monoisotopic (exact) mass is 264 g/mol. The molecule has 102 valence electrons. The molecular formula is C13H16N2O4. The van der Waals surface area contributed by atoms with Crippen molar-refractivity contribution in [1.82, 2.24) is 10.6 Å². The van der Waals surface area contributed by atoms with Gasteiger partial charge in [-0.1, -0.05) is 18.2 Å². The van der Waals surface area contributed by atoms with Gasteiger partial charge in [0, 0.05) is 18.3 Å². The second-order valence-corrected chi connectivity index (χ2v) is 3.62. The Morgan fingerprint density at radius 3 is 2.79 bits per heavy atom. The second-order valence-electron chi connectivity index (χ2n) is 3.62. The SMILES string of the molecule is COc1ccccc1/C=C/NC(=O)NCCC(=O)O. The number of methoxy groups -OCH3 is 1. The summed E-state index contributed by atoms with van der Waals surface area (Å²) in [5, 5.41) is 13.3. The number of rotatable bonds is 6. The highest BCUT2D eigenvalue weighted by Gasteiger charge is 2.00. The summed E-state index contributed by atoms with van der Waals surface area (Å²) >= 11 is 0. The maximum atomic E-state index is 11.3. The van der Waals surface area contributed by atoms with Crippen molar-refractivity contribution >= 4 is 18.1 Å². The van der Waals surface area contributed by atoms with Crippen LogP contribution in [-0.4, -0.2) is 30.8 Å². The lowest BCUT2D eigenvalue weighted by molar-refractivity contribution is -0.136. The second kappa shape index (κ2) is 7.75. The Kier molecular flexibility index (Phi) is 5.94. The Balaban J connectivity index is 2.41. The summed E-state index contributed by atoms with van der Waals surface area (Å²) in [4.78, 5) is 21.5. The normalized spacial score (nSPS) is 10.2. The maximum absolute atomic E-state index is 11.3. The number of hydrogen-bond acceptors (Lipinski definition) is 3. The molecule has 0 radical (unpaired) electrons. The Labute approximate surface area is 111 Å². The zero-order valence-electron chi connectivity index (χ0n) is 10.6. The maximum Gasteiger partial charge on any atom is 0.318 e. The van der Waals surface area contributed by atoms with E-state index >= 15 is 0 Å². The van der Waals surface area contributed by atoms with E-state index in [1.54, 1.807) is 13.2 Å². The molecule has 0 atom stereocenters. The summed E-state index contributed by atoms with van der Waals surface area (Å²) in [5.41, 5.74) is 0.829. The molecule has 0 aliphatic carbocycles. The number of nitrogens with one attached hydrogen (secondary N) is 2. The van der Waals surface area contributed by atoms with Gasteiger partial charge >= 0.3 is 12.0 Å². The molecule has 0 unspecified atom stereocenters. The fourth-order valence-corrected chi connectivity index (χ4v) is 1.35. The van der Waals surface area contributed by atoms with Crippen LogP contribution in [0.1, 0.15) is 12.0 Å². The van der Waals surface area contributed by atoms with Gasteiger partial charge in [-0.2, -0.15) is 0 Å². The van der Waals surface area contributed by atoms with E-state index in [-0.39, 0.29) is 13.0 Å². The van der Waals surface area contributed by atoms with Crippen molar-refractivity contribution in [3.63, 3.8) is 0 Å². The number of carbonyl (C=O) groups excluding carboxylic acids is 1. The van der Waals surface area contributed by atoms with Crippen molar-refractivity contribution in [2.24, 2.45) is 0 Å². The van der Waals surface area contributed by atoms with Crippen molar-refractivity contribution in [2.75, 3.05) is 13.7 Å². The molecule has 0 fully saturated rings. The van der Waals surface area contributed by atoms with Crippen LogP contribution in [0.5, 0.6) is 5.75 Å². The molecule has 3 N–H and O–H groups in total. The molecule has 0 bridgehead atoms. The molecule has 0 saturated heterocycles. The number of carbonyl (C=O) groups is 2. The average molecular weight is 264 g/mol. The minimum Gasteiger partial charge on any atom is -0.496 e. The van der Waals surface area contributed by atoms with Gasteiger partial charge in [-0.15, -0.1) is 0 Å². The van der Waals surface area contributed by atoms with Crippen molar-refractivity contribution in [3.8, 4) is 5.75 Å². The van der Waals surface area contributed by atoms with Crippen LogP contribution >= 0.6 is 0 Å². The lowest BCUT2D eigenvalue weighted by atomic mass is 10.2. The van der Waals surface area contributed by atoms with Gasteiger partial charge in [0.2, 0.25) is 0 Å². The molecule has 0 aromatic heterocycles. The molecule has 19 heavy (non-hydrogen) atoms. The average Bonchev–Trinajstić information content (AvgIpc) is 2.39. The van der Waals surface area contributed by atoms with Crippen LogP contribution in [0.25, 0.3) is 6.08 Å². The van der Waals surface area contributed by atoms with Gasteiger partial charge in [-0.25, -0.2) is 4.79 Å². The Bertz CT molecular complexity index is 471. The largest absolute Gasteiger partial charge is 0.496 e. The first-order valence-corrected chi connectivity index (χ1v) is 5.69. The van der Waals surface area contributed by atoms with Crippen molar-refractivity contribution in [1.29, 1.82) is 0 Å². The van der Waals surface area contributed by atoms with Crippen molar-refractivity contribution < 1.29 is 19.4 Å². The minimum atomic E-state index is -0.954. The molecule has 0 aliphatic rings. The van der Waals surface area contributed by atoms with Crippen LogP contribution in [0, 0.1) is 0 Å². The first-order chi connectivity index (χ1) is 9.13. The van der Waals surface area contributed by atoms with E-state index in [0.717, 1.165) is 5.56 Å². The van der Waals surface area contributed by atoms with Gasteiger partial charge in [-0.05, 0) is 12.1 Å². The van der Waals surface area contributed by atoms with Crippen molar-refractivity contribution in [2.45, 2.75) is 6.42 Å². The number of ether oxygens (including phenoxy) is 1. The highest BCUT2D eigenvalue weighted by Crippen LogP contribution is 2.17. The number of aliphatic carboxylic acids is 1. The molecule has 2 amide bonds. The number of amides is 2. The molecule has 0 heterocycles. The van der Waals surface area contributed by atoms with E-state index in [1.165, 1.54) is 6.20 Å². The molecular weight excluding hydrogens is 248 g/mol. The van der Waals surface area contributed by atoms with Gasteiger partial charge in [0.15, 0.2) is 0 Å². The first kappa shape index (κ1) is 14.6. The van der Waals surface area contributed by atoms with Gasteiger partial charge in [0.05, 0.1) is 13.5 Å². The zero-order valence-corrected chi connectivity index (χ0v) is 10.6. The predicted octanol–water partition coefficient (Wildman–Crippen LogP) is 1.44. The molecule has 0 aliphatic heterocycles. The third kappa shape index (κ3) is 5.58. The van der Waals surface area contributed by atoms with Crippen LogP contribution < -0.4 is 15.4 Å². The van der Waals surface area contributed by atoms with E-state index in [9.17, 15) is 9.59 Å². The summed E-state index contributed by atoms with van der Waals surface area (Å²) in [6, 6.07) is 6.91. The molecule has 6 nitrogen and oxygen atoms in total. The summed E-state index contributed by atoms with van der Waals surface area (Å²) in [7, 11) is 1.57. The molecule has 0 spiro atoms. The van der Waals surface area contributed by atoms with Gasteiger partial charge in [-0.3, -0.25) is 4.79 Å². The van der Waals surface area contributed by atoms with E-state index in [2.05, 4.69) is 10.6 Å². The lowest BCUT2D eigenvalue weighted by Gasteiger charge is -2.04. The molecule has 1 aromatic rings. The number of carboxylic acids is 1. The van der Waals surface area contributed by atoms with Crippen LogP contribution in [0.2, 0.25) is 0 Å². The Hall–Kier alpha value is -2.50. The molecule has 6 heteroatoms. The molecule has 0 saturated carbocycles. The van der Waals surface area contributed by atoms with Crippen LogP contribution in [0.15, 0.2) is 30.5 Å². The summed E-state index contributed by atoms with van der Waals surface area (Å²) < 4.78 is 5.15. The lowest BCUT2D eigenvalue weighted by Crippen LogP contribution is -2.33. The summed E-state index contributed by atoms with van der Waals surface area (Å²) in [6.07, 6.45) is 3.05. The summed E-state index contributed by atoms with van der Waals surface area (Å²) in [5.74, 6) is -0.253. The molecule has 1 aromatic carbocycles. The van der Waals surface area contributed by atoms with Crippen LogP contribution in [0.4, 0.5) is 4.79 Å². The smallest absolute Gasteiger partial charge is 0.318 e. The minimum absolute atomic E-state index is 0.0870. The van der Waals surface area contributed by atoms with E-state index < -0.39 is 12.0 Å². The zero-order chi connectivity index (χ0) is 14.1. The third-order valence-corrected chi connectivity index (χ3v) is 2.24. The number of urea groups is 1. The Morgan fingerprint density at radius 2 is 2.11 bits per heavy atom. The number of para-hydroxylation sites is 1. The fourth-order valence-electron chi connectivity index (χ4n) is 1.35. The van der Waals surface area contributed by atoms with Gasteiger partial charge in [0.1, 0.15) is 5.75 Å².